The van der Waals surface area contributed by atoms with Gasteiger partial charge in [0.25, 0.3) is 0 Å². The molecule has 94 valence electrons. The molecule has 0 saturated carbocycles. The van der Waals surface area contributed by atoms with E-state index in [1.807, 2.05) is 26.0 Å². The van der Waals surface area contributed by atoms with Gasteiger partial charge < -0.3 is 5.73 Å². The predicted octanol–water partition coefficient (Wildman–Crippen LogP) is 3.59. The molecule has 1 aromatic rings. The van der Waals surface area contributed by atoms with Crippen LogP contribution < -0.4 is 5.73 Å². The zero-order chi connectivity index (χ0) is 13.1. The summed E-state index contributed by atoms with van der Waals surface area (Å²) in [5.74, 6) is 0.145. The Morgan fingerprint density at radius 1 is 1.53 bits per heavy atom. The van der Waals surface area contributed by atoms with E-state index in [-0.39, 0.29) is 5.78 Å². The summed E-state index contributed by atoms with van der Waals surface area (Å²) in [7, 11) is 0. The molecule has 0 aliphatic carbocycles. The van der Waals surface area contributed by atoms with Gasteiger partial charge in [-0.25, -0.2) is 0 Å². The van der Waals surface area contributed by atoms with Gasteiger partial charge in [-0.05, 0) is 24.1 Å². The number of carbonyl (C=O) groups is 1. The number of nitrogens with two attached hydrogens (primary N) is 1. The fourth-order valence-corrected chi connectivity index (χ4v) is 2.25. The first kappa shape index (κ1) is 14.7. The summed E-state index contributed by atoms with van der Waals surface area (Å²) >= 11 is 9.44. The Morgan fingerprint density at radius 2 is 2.18 bits per heavy atom. The average molecular weight is 319 g/mol. The van der Waals surface area contributed by atoms with Crippen LogP contribution in [0.1, 0.15) is 25.8 Å². The largest absolute Gasteiger partial charge is 0.329 e. The Morgan fingerprint density at radius 3 is 2.65 bits per heavy atom. The highest BCUT2D eigenvalue weighted by Crippen LogP contribution is 2.27. The summed E-state index contributed by atoms with van der Waals surface area (Å²) in [4.78, 5) is 12.2. The molecule has 0 aromatic heterocycles. The van der Waals surface area contributed by atoms with Crippen LogP contribution in [0, 0.1) is 5.41 Å². The standard InChI is InChI=1S/C13H17BrClNO/c1-3-13(2,8-16)12(17)6-9-4-5-10(14)7-11(9)15/h4-5,7H,3,6,8,16H2,1-2H3. The van der Waals surface area contributed by atoms with Crippen molar-refractivity contribution in [1.82, 2.24) is 0 Å². The zero-order valence-corrected chi connectivity index (χ0v) is 12.4. The van der Waals surface area contributed by atoms with E-state index in [2.05, 4.69) is 15.9 Å². The van der Waals surface area contributed by atoms with Crippen LogP contribution in [0.15, 0.2) is 22.7 Å². The van der Waals surface area contributed by atoms with Crippen LogP contribution in [0.4, 0.5) is 0 Å². The molecule has 0 aliphatic heterocycles. The third-order valence-corrected chi connectivity index (χ3v) is 4.12. The summed E-state index contributed by atoms with van der Waals surface area (Å²) in [6.07, 6.45) is 1.09. The normalized spacial score (nSPS) is 14.4. The van der Waals surface area contributed by atoms with E-state index in [4.69, 9.17) is 17.3 Å². The lowest BCUT2D eigenvalue weighted by atomic mass is 9.80. The molecule has 1 aromatic carbocycles. The monoisotopic (exact) mass is 317 g/mol. The highest BCUT2D eigenvalue weighted by Gasteiger charge is 2.29. The van der Waals surface area contributed by atoms with Crippen LogP contribution in [0.2, 0.25) is 5.02 Å². The lowest BCUT2D eigenvalue weighted by molar-refractivity contribution is -0.126. The van der Waals surface area contributed by atoms with Gasteiger partial charge in [0.05, 0.1) is 0 Å². The Balaban J connectivity index is 2.88. The molecule has 17 heavy (non-hydrogen) atoms. The van der Waals surface area contributed by atoms with Crippen LogP contribution in [-0.4, -0.2) is 12.3 Å². The molecule has 0 radical (unpaired) electrons. The second kappa shape index (κ2) is 5.98. The van der Waals surface area contributed by atoms with Gasteiger partial charge in [0, 0.05) is 27.9 Å². The predicted molar refractivity (Wildman–Crippen MR) is 75.3 cm³/mol. The van der Waals surface area contributed by atoms with Crippen molar-refractivity contribution in [1.29, 1.82) is 0 Å². The van der Waals surface area contributed by atoms with E-state index in [0.29, 0.717) is 18.0 Å². The molecule has 0 spiro atoms. The van der Waals surface area contributed by atoms with Crippen molar-refractivity contribution in [2.45, 2.75) is 26.7 Å². The van der Waals surface area contributed by atoms with Crippen LogP contribution in [-0.2, 0) is 11.2 Å². The first-order valence-corrected chi connectivity index (χ1v) is 6.77. The van der Waals surface area contributed by atoms with Gasteiger partial charge in [0.2, 0.25) is 0 Å². The molecule has 1 rings (SSSR count). The summed E-state index contributed by atoms with van der Waals surface area (Å²) in [6.45, 7) is 4.26. The van der Waals surface area contributed by atoms with Crippen molar-refractivity contribution in [3.63, 3.8) is 0 Å². The van der Waals surface area contributed by atoms with Gasteiger partial charge in [0.1, 0.15) is 5.78 Å². The lowest BCUT2D eigenvalue weighted by Gasteiger charge is -2.24. The molecule has 0 aliphatic rings. The molecule has 4 heteroatoms. The number of hydrogen-bond acceptors (Lipinski definition) is 2. The zero-order valence-electron chi connectivity index (χ0n) is 10.1. The Kier molecular flexibility index (Phi) is 5.17. The van der Waals surface area contributed by atoms with E-state index in [1.54, 1.807) is 6.07 Å². The van der Waals surface area contributed by atoms with Gasteiger partial charge in [0.15, 0.2) is 0 Å². The molecule has 0 amide bonds. The van der Waals surface area contributed by atoms with Crippen molar-refractivity contribution in [3.05, 3.63) is 33.3 Å². The number of halogens is 2. The number of benzene rings is 1. The van der Waals surface area contributed by atoms with Crippen molar-refractivity contribution in [2.75, 3.05) is 6.54 Å². The van der Waals surface area contributed by atoms with Gasteiger partial charge in [-0.15, -0.1) is 0 Å². The second-order valence-electron chi connectivity index (χ2n) is 4.45. The molecular weight excluding hydrogens is 302 g/mol. The first-order chi connectivity index (χ1) is 7.92. The van der Waals surface area contributed by atoms with Gasteiger partial charge >= 0.3 is 0 Å². The van der Waals surface area contributed by atoms with Gasteiger partial charge in [-0.1, -0.05) is 47.4 Å². The van der Waals surface area contributed by atoms with Crippen molar-refractivity contribution in [3.8, 4) is 0 Å². The van der Waals surface area contributed by atoms with Crippen LogP contribution in [0.25, 0.3) is 0 Å². The van der Waals surface area contributed by atoms with E-state index in [9.17, 15) is 4.79 Å². The topological polar surface area (TPSA) is 43.1 Å². The van der Waals surface area contributed by atoms with E-state index in [0.717, 1.165) is 16.5 Å². The second-order valence-corrected chi connectivity index (χ2v) is 5.78. The number of rotatable bonds is 5. The molecule has 1 unspecified atom stereocenters. The van der Waals surface area contributed by atoms with Crippen molar-refractivity contribution < 1.29 is 4.79 Å². The maximum Gasteiger partial charge on any atom is 0.144 e. The number of hydrogen-bond donors (Lipinski definition) is 1. The molecule has 1 atom stereocenters. The first-order valence-electron chi connectivity index (χ1n) is 5.60. The van der Waals surface area contributed by atoms with Crippen LogP contribution in [0.3, 0.4) is 0 Å². The molecule has 0 fully saturated rings. The molecule has 0 bridgehead atoms. The average Bonchev–Trinajstić information content (AvgIpc) is 2.31. The summed E-state index contributed by atoms with van der Waals surface area (Å²) < 4.78 is 0.913. The third-order valence-electron chi connectivity index (χ3n) is 3.27. The minimum atomic E-state index is -0.448. The quantitative estimate of drug-likeness (QED) is 0.901. The van der Waals surface area contributed by atoms with E-state index >= 15 is 0 Å². The lowest BCUT2D eigenvalue weighted by Crippen LogP contribution is -2.36. The molecule has 0 saturated heterocycles. The fourth-order valence-electron chi connectivity index (χ4n) is 1.51. The van der Waals surface area contributed by atoms with Gasteiger partial charge in [-0.2, -0.15) is 0 Å². The molecule has 2 N–H and O–H groups in total. The van der Waals surface area contributed by atoms with Crippen molar-refractivity contribution >= 4 is 33.3 Å². The van der Waals surface area contributed by atoms with E-state index < -0.39 is 5.41 Å². The summed E-state index contributed by atoms with van der Waals surface area (Å²) in [6, 6.07) is 5.56. The van der Waals surface area contributed by atoms with Crippen molar-refractivity contribution in [2.24, 2.45) is 11.1 Å². The number of ketones is 1. The number of carbonyl (C=O) groups excluding carboxylic acids is 1. The molecular formula is C13H17BrClNO. The highest BCUT2D eigenvalue weighted by molar-refractivity contribution is 9.10. The highest BCUT2D eigenvalue weighted by atomic mass is 79.9. The van der Waals surface area contributed by atoms with Gasteiger partial charge in [-0.3, -0.25) is 4.79 Å². The smallest absolute Gasteiger partial charge is 0.144 e. The molecule has 0 heterocycles. The minimum Gasteiger partial charge on any atom is -0.329 e. The maximum atomic E-state index is 12.2. The number of Topliss-reactive ketones (excluding diaryl/α,β-unsaturated/α-hetero) is 1. The molecule has 2 nitrogen and oxygen atoms in total. The Labute approximate surface area is 116 Å². The Bertz CT molecular complexity index is 416. The summed E-state index contributed by atoms with van der Waals surface area (Å²) in [5.41, 5.74) is 6.08. The fraction of sp³-hybridized carbons (Fsp3) is 0.462. The Hall–Kier alpha value is -0.380. The maximum absolute atomic E-state index is 12.2. The minimum absolute atomic E-state index is 0.145. The summed E-state index contributed by atoms with van der Waals surface area (Å²) in [5, 5.41) is 0.614. The third kappa shape index (κ3) is 3.54. The van der Waals surface area contributed by atoms with Crippen LogP contribution >= 0.6 is 27.5 Å². The van der Waals surface area contributed by atoms with Crippen LogP contribution in [0.5, 0.6) is 0 Å². The SMILES string of the molecule is CCC(C)(CN)C(=O)Cc1ccc(Br)cc1Cl. The van der Waals surface area contributed by atoms with E-state index in [1.165, 1.54) is 0 Å².